The molecule has 0 unspecified atom stereocenters. The normalized spacial score (nSPS) is 20.3. The van der Waals surface area contributed by atoms with Crippen LogP contribution in [0, 0.1) is 20.8 Å². The minimum Gasteiger partial charge on any atom is -0.394 e. The summed E-state index contributed by atoms with van der Waals surface area (Å²) < 4.78 is 7.15. The minimum absolute atomic E-state index is 0.0382. The standard InChI is InChI=1S/C19H25N3O3/c1-12-5-13(2)7-15(6-12)22-14(3)8-18(20-22)19(24)21-10-17(25-4)9-16(21)11-23/h5-8,16-17,23H,9-11H2,1-4H3/t16-,17-/m0/s1. The lowest BCUT2D eigenvalue weighted by Gasteiger charge is -2.21. The zero-order valence-electron chi connectivity index (χ0n) is 15.2. The van der Waals surface area contributed by atoms with Gasteiger partial charge in [0.1, 0.15) is 0 Å². The largest absolute Gasteiger partial charge is 0.394 e. The fourth-order valence-electron chi connectivity index (χ4n) is 3.53. The third-order valence-electron chi connectivity index (χ3n) is 4.74. The molecule has 0 aliphatic carbocycles. The molecule has 1 aromatic carbocycles. The Balaban J connectivity index is 1.90. The summed E-state index contributed by atoms with van der Waals surface area (Å²) in [5.74, 6) is -0.162. The summed E-state index contributed by atoms with van der Waals surface area (Å²) in [6, 6.07) is 7.79. The molecular weight excluding hydrogens is 318 g/mol. The van der Waals surface area contributed by atoms with Crippen molar-refractivity contribution < 1.29 is 14.6 Å². The molecule has 2 atom stereocenters. The van der Waals surface area contributed by atoms with Crippen LogP contribution >= 0.6 is 0 Å². The topological polar surface area (TPSA) is 67.6 Å². The van der Waals surface area contributed by atoms with E-state index in [1.807, 2.05) is 20.8 Å². The number of methoxy groups -OCH3 is 1. The number of rotatable bonds is 4. The lowest BCUT2D eigenvalue weighted by atomic mass is 10.1. The molecule has 25 heavy (non-hydrogen) atoms. The van der Waals surface area contributed by atoms with Gasteiger partial charge < -0.3 is 14.7 Å². The summed E-state index contributed by atoms with van der Waals surface area (Å²) in [6.07, 6.45) is 0.610. The first-order chi connectivity index (χ1) is 11.9. The Labute approximate surface area is 148 Å². The molecule has 2 aromatic rings. The molecule has 6 nitrogen and oxygen atoms in total. The van der Waals surface area contributed by atoms with Crippen LogP contribution in [0.3, 0.4) is 0 Å². The van der Waals surface area contributed by atoms with E-state index >= 15 is 0 Å². The average molecular weight is 343 g/mol. The molecule has 1 fully saturated rings. The summed E-state index contributed by atoms with van der Waals surface area (Å²) in [4.78, 5) is 14.6. The lowest BCUT2D eigenvalue weighted by molar-refractivity contribution is 0.0641. The highest BCUT2D eigenvalue weighted by molar-refractivity contribution is 5.93. The number of hydrogen-bond donors (Lipinski definition) is 1. The number of aryl methyl sites for hydroxylation is 3. The molecule has 1 saturated heterocycles. The summed E-state index contributed by atoms with van der Waals surface area (Å²) in [5, 5.41) is 14.1. The number of nitrogens with zero attached hydrogens (tertiary/aromatic N) is 3. The maximum atomic E-state index is 12.9. The van der Waals surface area contributed by atoms with Crippen LogP contribution in [-0.4, -0.2) is 58.1 Å². The second kappa shape index (κ2) is 6.98. The second-order valence-electron chi connectivity index (χ2n) is 6.82. The van der Waals surface area contributed by atoms with Crippen molar-refractivity contribution in [2.75, 3.05) is 20.3 Å². The first-order valence-corrected chi connectivity index (χ1v) is 8.53. The number of benzene rings is 1. The van der Waals surface area contributed by atoms with Gasteiger partial charge >= 0.3 is 0 Å². The summed E-state index contributed by atoms with van der Waals surface area (Å²) in [6.45, 7) is 6.44. The van der Waals surface area contributed by atoms with Crippen LogP contribution in [0.4, 0.5) is 0 Å². The predicted octanol–water partition coefficient (Wildman–Crippen LogP) is 2.02. The van der Waals surface area contributed by atoms with Gasteiger partial charge in [0.2, 0.25) is 0 Å². The van der Waals surface area contributed by atoms with E-state index in [1.165, 1.54) is 0 Å². The summed E-state index contributed by atoms with van der Waals surface area (Å²) in [5.41, 5.74) is 4.55. The molecule has 3 rings (SSSR count). The van der Waals surface area contributed by atoms with Crippen molar-refractivity contribution in [3.05, 3.63) is 46.8 Å². The van der Waals surface area contributed by atoms with Crippen molar-refractivity contribution in [2.24, 2.45) is 0 Å². The van der Waals surface area contributed by atoms with Gasteiger partial charge in [0, 0.05) is 19.3 Å². The van der Waals surface area contributed by atoms with E-state index in [-0.39, 0.29) is 24.7 Å². The molecule has 0 bridgehead atoms. The zero-order valence-corrected chi connectivity index (χ0v) is 15.2. The Hall–Kier alpha value is -2.18. The van der Waals surface area contributed by atoms with Crippen LogP contribution in [0.5, 0.6) is 0 Å². The van der Waals surface area contributed by atoms with Crippen molar-refractivity contribution in [1.29, 1.82) is 0 Å². The van der Waals surface area contributed by atoms with E-state index in [2.05, 4.69) is 23.3 Å². The van der Waals surface area contributed by atoms with Crippen LogP contribution in [0.2, 0.25) is 0 Å². The molecule has 1 N–H and O–H groups in total. The van der Waals surface area contributed by atoms with Crippen molar-refractivity contribution in [3.63, 3.8) is 0 Å². The SMILES string of the molecule is CO[C@H]1C[C@@H](CO)N(C(=O)c2cc(C)n(-c3cc(C)cc(C)c3)n2)C1. The predicted molar refractivity (Wildman–Crippen MR) is 95.1 cm³/mol. The molecular formula is C19H25N3O3. The molecule has 1 aliphatic heterocycles. The molecule has 2 heterocycles. The Morgan fingerprint density at radius 3 is 2.52 bits per heavy atom. The van der Waals surface area contributed by atoms with Gasteiger partial charge in [0.25, 0.3) is 5.91 Å². The van der Waals surface area contributed by atoms with E-state index in [4.69, 9.17) is 4.74 Å². The number of aliphatic hydroxyl groups excluding tert-OH is 1. The van der Waals surface area contributed by atoms with Crippen LogP contribution < -0.4 is 0 Å². The maximum absolute atomic E-state index is 12.9. The van der Waals surface area contributed by atoms with E-state index in [9.17, 15) is 9.90 Å². The average Bonchev–Trinajstić information content (AvgIpc) is 3.16. The fourth-order valence-corrected chi connectivity index (χ4v) is 3.53. The number of hydrogen-bond acceptors (Lipinski definition) is 4. The Bertz CT molecular complexity index is 764. The first kappa shape index (κ1) is 17.6. The van der Waals surface area contributed by atoms with Crippen molar-refractivity contribution in [1.82, 2.24) is 14.7 Å². The summed E-state index contributed by atoms with van der Waals surface area (Å²) in [7, 11) is 1.63. The fraction of sp³-hybridized carbons (Fsp3) is 0.474. The molecule has 0 radical (unpaired) electrons. The van der Waals surface area contributed by atoms with Crippen LogP contribution in [0.1, 0.15) is 33.7 Å². The Morgan fingerprint density at radius 2 is 1.92 bits per heavy atom. The third kappa shape index (κ3) is 3.45. The number of carbonyl (C=O) groups is 1. The van der Waals surface area contributed by atoms with Gasteiger partial charge in [-0.3, -0.25) is 4.79 Å². The van der Waals surface area contributed by atoms with Crippen LogP contribution in [0.25, 0.3) is 5.69 Å². The van der Waals surface area contributed by atoms with Crippen LogP contribution in [-0.2, 0) is 4.74 Å². The molecule has 1 aliphatic rings. The van der Waals surface area contributed by atoms with Crippen molar-refractivity contribution >= 4 is 5.91 Å². The highest BCUT2D eigenvalue weighted by Crippen LogP contribution is 2.23. The van der Waals surface area contributed by atoms with E-state index < -0.39 is 0 Å². The highest BCUT2D eigenvalue weighted by atomic mass is 16.5. The van der Waals surface area contributed by atoms with Gasteiger partial charge in [-0.2, -0.15) is 5.10 Å². The lowest BCUT2D eigenvalue weighted by Crippen LogP contribution is -2.38. The zero-order chi connectivity index (χ0) is 18.1. The number of aliphatic hydroxyl groups is 1. The van der Waals surface area contributed by atoms with E-state index in [0.717, 1.165) is 22.5 Å². The first-order valence-electron chi connectivity index (χ1n) is 8.53. The molecule has 1 aromatic heterocycles. The smallest absolute Gasteiger partial charge is 0.274 e. The molecule has 1 amide bonds. The number of likely N-dealkylation sites (tertiary alicyclic amines) is 1. The molecule has 134 valence electrons. The number of carbonyl (C=O) groups excluding carboxylic acids is 1. The van der Waals surface area contributed by atoms with Crippen LogP contribution in [0.15, 0.2) is 24.3 Å². The molecule has 6 heteroatoms. The molecule has 0 saturated carbocycles. The Kier molecular flexibility index (Phi) is 4.92. The van der Waals surface area contributed by atoms with Gasteiger partial charge in [-0.05, 0) is 56.5 Å². The monoisotopic (exact) mass is 343 g/mol. The number of ether oxygens (including phenoxy) is 1. The Morgan fingerprint density at radius 1 is 1.24 bits per heavy atom. The second-order valence-corrected chi connectivity index (χ2v) is 6.82. The summed E-state index contributed by atoms with van der Waals surface area (Å²) >= 11 is 0. The van der Waals surface area contributed by atoms with Gasteiger partial charge in [-0.15, -0.1) is 0 Å². The quantitative estimate of drug-likeness (QED) is 0.922. The number of aromatic nitrogens is 2. The van der Waals surface area contributed by atoms with E-state index in [0.29, 0.717) is 18.7 Å². The van der Waals surface area contributed by atoms with Gasteiger partial charge in [0.05, 0.1) is 24.4 Å². The maximum Gasteiger partial charge on any atom is 0.274 e. The van der Waals surface area contributed by atoms with Crippen molar-refractivity contribution in [2.45, 2.75) is 39.3 Å². The minimum atomic E-state index is -0.218. The molecule has 0 spiro atoms. The van der Waals surface area contributed by atoms with Gasteiger partial charge in [0.15, 0.2) is 5.69 Å². The third-order valence-corrected chi connectivity index (χ3v) is 4.74. The van der Waals surface area contributed by atoms with Gasteiger partial charge in [-0.25, -0.2) is 4.68 Å². The van der Waals surface area contributed by atoms with Gasteiger partial charge in [-0.1, -0.05) is 6.07 Å². The van der Waals surface area contributed by atoms with Crippen molar-refractivity contribution in [3.8, 4) is 5.69 Å². The van der Waals surface area contributed by atoms with E-state index in [1.54, 1.807) is 22.8 Å². The highest BCUT2D eigenvalue weighted by Gasteiger charge is 2.36. The number of amides is 1.